The fraction of sp³-hybridized carbons (Fsp3) is 0.938. The molecule has 20 heavy (non-hydrogen) atoms. The second-order valence-corrected chi connectivity index (χ2v) is 7.36. The first-order valence-electron chi connectivity index (χ1n) is 8.02. The standard InChI is InChI=1S/C16H28N2O2/c1-4-20-14-13(18-10-15(14,2)3)9-17-12-7-16(8-12)5-6-19-11-16/h10,12-14,17H,4-9,11H2,1-3H3/t12?,13?,14-,16?/m1/s1. The van der Waals surface area contributed by atoms with E-state index in [9.17, 15) is 0 Å². The van der Waals surface area contributed by atoms with E-state index >= 15 is 0 Å². The van der Waals surface area contributed by atoms with Crippen molar-refractivity contribution in [3.05, 3.63) is 0 Å². The summed E-state index contributed by atoms with van der Waals surface area (Å²) in [6, 6.07) is 0.916. The van der Waals surface area contributed by atoms with Gasteiger partial charge in [0.2, 0.25) is 0 Å². The highest BCUT2D eigenvalue weighted by atomic mass is 16.5. The van der Waals surface area contributed by atoms with E-state index in [1.165, 1.54) is 19.3 Å². The molecule has 1 N–H and O–H groups in total. The summed E-state index contributed by atoms with van der Waals surface area (Å²) in [5, 5.41) is 3.69. The molecule has 2 aliphatic heterocycles. The van der Waals surface area contributed by atoms with E-state index in [-0.39, 0.29) is 17.6 Å². The van der Waals surface area contributed by atoms with E-state index in [0.29, 0.717) is 11.5 Å². The van der Waals surface area contributed by atoms with Crippen LogP contribution in [0.5, 0.6) is 0 Å². The second-order valence-electron chi connectivity index (χ2n) is 7.36. The third kappa shape index (κ3) is 2.66. The molecule has 0 aromatic rings. The molecule has 0 aromatic carbocycles. The number of ether oxygens (including phenoxy) is 2. The van der Waals surface area contributed by atoms with Crippen molar-refractivity contribution in [1.29, 1.82) is 0 Å². The highest BCUT2D eigenvalue weighted by Crippen LogP contribution is 2.47. The quantitative estimate of drug-likeness (QED) is 0.838. The molecule has 0 bridgehead atoms. The van der Waals surface area contributed by atoms with Gasteiger partial charge >= 0.3 is 0 Å². The molecular weight excluding hydrogens is 252 g/mol. The van der Waals surface area contributed by atoms with Gasteiger partial charge in [-0.3, -0.25) is 4.99 Å². The average molecular weight is 280 g/mol. The molecule has 1 saturated carbocycles. The smallest absolute Gasteiger partial charge is 0.0910 e. The van der Waals surface area contributed by atoms with Crippen molar-refractivity contribution in [2.24, 2.45) is 15.8 Å². The van der Waals surface area contributed by atoms with Crippen LogP contribution < -0.4 is 5.32 Å². The zero-order valence-corrected chi connectivity index (χ0v) is 13.0. The predicted octanol–water partition coefficient (Wildman–Crippen LogP) is 2.03. The fourth-order valence-corrected chi connectivity index (χ4v) is 3.99. The Hall–Kier alpha value is -0.450. The van der Waals surface area contributed by atoms with E-state index < -0.39 is 0 Å². The van der Waals surface area contributed by atoms with Crippen molar-refractivity contribution in [3.8, 4) is 0 Å². The number of hydrogen-bond donors (Lipinski definition) is 1. The Morgan fingerprint density at radius 2 is 2.20 bits per heavy atom. The van der Waals surface area contributed by atoms with Crippen molar-refractivity contribution >= 4 is 6.21 Å². The highest BCUT2D eigenvalue weighted by molar-refractivity contribution is 5.69. The fourth-order valence-electron chi connectivity index (χ4n) is 3.99. The minimum absolute atomic E-state index is 0.0580. The van der Waals surface area contributed by atoms with Gasteiger partial charge in [0.1, 0.15) is 0 Å². The summed E-state index contributed by atoms with van der Waals surface area (Å²) >= 11 is 0. The summed E-state index contributed by atoms with van der Waals surface area (Å²) in [6.45, 7) is 10.1. The summed E-state index contributed by atoms with van der Waals surface area (Å²) < 4.78 is 11.5. The Kier molecular flexibility index (Phi) is 3.91. The van der Waals surface area contributed by atoms with Gasteiger partial charge in [-0.05, 0) is 31.6 Å². The van der Waals surface area contributed by atoms with Crippen LogP contribution in [0.3, 0.4) is 0 Å². The van der Waals surface area contributed by atoms with Crippen molar-refractivity contribution < 1.29 is 9.47 Å². The number of rotatable bonds is 5. The van der Waals surface area contributed by atoms with Gasteiger partial charge in [0.05, 0.1) is 18.8 Å². The minimum Gasteiger partial charge on any atom is -0.381 e. The molecule has 1 aliphatic carbocycles. The van der Waals surface area contributed by atoms with Crippen LogP contribution >= 0.6 is 0 Å². The van der Waals surface area contributed by atoms with E-state index in [0.717, 1.165) is 26.4 Å². The predicted molar refractivity (Wildman–Crippen MR) is 80.4 cm³/mol. The Labute approximate surface area is 122 Å². The van der Waals surface area contributed by atoms with E-state index in [1.807, 2.05) is 0 Å². The molecule has 1 spiro atoms. The highest BCUT2D eigenvalue weighted by Gasteiger charge is 2.47. The molecule has 4 heteroatoms. The molecule has 4 nitrogen and oxygen atoms in total. The normalized spacial score (nSPS) is 42.2. The Morgan fingerprint density at radius 1 is 1.40 bits per heavy atom. The minimum atomic E-state index is 0.0580. The van der Waals surface area contributed by atoms with Crippen molar-refractivity contribution in [3.63, 3.8) is 0 Å². The summed E-state index contributed by atoms with van der Waals surface area (Å²) in [5.74, 6) is 0. The van der Waals surface area contributed by atoms with Crippen LogP contribution in [0.25, 0.3) is 0 Å². The largest absolute Gasteiger partial charge is 0.381 e. The maximum absolute atomic E-state index is 5.92. The Bertz CT molecular complexity index is 367. The van der Waals surface area contributed by atoms with Crippen LogP contribution in [0.2, 0.25) is 0 Å². The number of nitrogens with zero attached hydrogens (tertiary/aromatic N) is 1. The molecule has 2 fully saturated rings. The van der Waals surface area contributed by atoms with Crippen molar-refractivity contribution in [2.75, 3.05) is 26.4 Å². The van der Waals surface area contributed by atoms with Gasteiger partial charge in [-0.25, -0.2) is 0 Å². The molecule has 0 aromatic heterocycles. The first kappa shape index (κ1) is 14.5. The second kappa shape index (κ2) is 5.39. The van der Waals surface area contributed by atoms with Gasteiger partial charge in [0, 0.05) is 37.4 Å². The van der Waals surface area contributed by atoms with Crippen LogP contribution in [-0.2, 0) is 9.47 Å². The van der Waals surface area contributed by atoms with Crippen LogP contribution in [0, 0.1) is 10.8 Å². The van der Waals surface area contributed by atoms with Crippen LogP contribution in [0.15, 0.2) is 4.99 Å². The van der Waals surface area contributed by atoms with E-state index in [2.05, 4.69) is 37.3 Å². The lowest BCUT2D eigenvalue weighted by Gasteiger charge is -2.45. The van der Waals surface area contributed by atoms with Crippen LogP contribution in [-0.4, -0.2) is 50.8 Å². The summed E-state index contributed by atoms with van der Waals surface area (Å²) in [7, 11) is 0. The maximum atomic E-state index is 5.92. The van der Waals surface area contributed by atoms with Gasteiger partial charge in [-0.1, -0.05) is 13.8 Å². The number of hydrogen-bond acceptors (Lipinski definition) is 4. The van der Waals surface area contributed by atoms with Gasteiger partial charge in [0.15, 0.2) is 0 Å². The molecule has 114 valence electrons. The van der Waals surface area contributed by atoms with E-state index in [4.69, 9.17) is 9.47 Å². The lowest BCUT2D eigenvalue weighted by atomic mass is 9.65. The van der Waals surface area contributed by atoms with E-state index in [1.54, 1.807) is 0 Å². The Balaban J connectivity index is 1.46. The molecule has 3 aliphatic rings. The zero-order valence-electron chi connectivity index (χ0n) is 13.0. The first-order valence-corrected chi connectivity index (χ1v) is 8.02. The van der Waals surface area contributed by atoms with Crippen molar-refractivity contribution in [1.82, 2.24) is 5.32 Å². The van der Waals surface area contributed by atoms with Crippen LogP contribution in [0.1, 0.15) is 40.0 Å². The summed E-state index contributed by atoms with van der Waals surface area (Å²) in [4.78, 5) is 4.67. The molecule has 1 saturated heterocycles. The van der Waals surface area contributed by atoms with Gasteiger partial charge in [0.25, 0.3) is 0 Å². The lowest BCUT2D eigenvalue weighted by Crippen LogP contribution is -2.52. The monoisotopic (exact) mass is 280 g/mol. The number of aliphatic imine (C=N–C) groups is 1. The molecule has 3 rings (SSSR count). The molecule has 1 unspecified atom stereocenters. The van der Waals surface area contributed by atoms with Gasteiger partial charge in [-0.15, -0.1) is 0 Å². The molecule has 2 heterocycles. The summed E-state index contributed by atoms with van der Waals surface area (Å²) in [6.07, 6.45) is 6.08. The molecule has 2 atom stereocenters. The first-order chi connectivity index (χ1) is 9.55. The van der Waals surface area contributed by atoms with Crippen LogP contribution in [0.4, 0.5) is 0 Å². The topological polar surface area (TPSA) is 42.8 Å². The van der Waals surface area contributed by atoms with Gasteiger partial charge in [-0.2, -0.15) is 0 Å². The maximum Gasteiger partial charge on any atom is 0.0910 e. The lowest BCUT2D eigenvalue weighted by molar-refractivity contribution is 0.000382. The summed E-state index contributed by atoms with van der Waals surface area (Å²) in [5.41, 5.74) is 0.567. The number of nitrogens with one attached hydrogen (secondary N) is 1. The Morgan fingerprint density at radius 3 is 2.85 bits per heavy atom. The van der Waals surface area contributed by atoms with Crippen molar-refractivity contribution in [2.45, 2.75) is 58.2 Å². The molecule has 0 radical (unpaired) electrons. The molecule has 0 amide bonds. The molecular formula is C16H28N2O2. The van der Waals surface area contributed by atoms with Gasteiger partial charge < -0.3 is 14.8 Å². The average Bonchev–Trinajstić information content (AvgIpc) is 2.94. The SMILES string of the molecule is CCO[C@@H]1C(CNC2CC3(CCOC3)C2)N=CC1(C)C. The third-order valence-electron chi connectivity index (χ3n) is 5.19. The third-order valence-corrected chi connectivity index (χ3v) is 5.19. The zero-order chi connectivity index (χ0) is 14.2.